The molecule has 7 nitrogen and oxygen atoms in total. The summed E-state index contributed by atoms with van der Waals surface area (Å²) in [6.07, 6.45) is 3.29. The molecule has 1 aliphatic heterocycles. The van der Waals surface area contributed by atoms with Gasteiger partial charge in [0.05, 0.1) is 0 Å². The van der Waals surface area contributed by atoms with Crippen LogP contribution in [0.4, 0.5) is 11.4 Å². The number of hydrazine groups is 1. The van der Waals surface area contributed by atoms with Crippen molar-refractivity contribution in [3.63, 3.8) is 0 Å². The van der Waals surface area contributed by atoms with Crippen LogP contribution in [0.25, 0.3) is 0 Å². The Morgan fingerprint density at radius 3 is 2.25 bits per heavy atom. The molecule has 0 fully saturated rings. The summed E-state index contributed by atoms with van der Waals surface area (Å²) in [7, 11) is 0. The number of para-hydroxylation sites is 2. The largest absolute Gasteiger partial charge is 0.342 e. The molecule has 1 unspecified atom stereocenters. The van der Waals surface area contributed by atoms with Gasteiger partial charge in [-0.05, 0) is 30.3 Å². The molecule has 7 heteroatoms. The SMILES string of the molecule is NNC(=O)C1(Nc2ccccc2)N=CC=C(Nc2ccccc2)N1. The van der Waals surface area contributed by atoms with E-state index in [0.29, 0.717) is 5.82 Å². The van der Waals surface area contributed by atoms with Gasteiger partial charge >= 0.3 is 5.91 Å². The number of hydrogen-bond donors (Lipinski definition) is 5. The standard InChI is InChI=1S/C17H18N6O/c18-23-16(24)17(21-14-9-5-2-6-10-14)19-12-11-15(22-17)20-13-7-3-1-4-8-13/h1-12,20-22H,18H2,(H,23,24). The second-order valence-corrected chi connectivity index (χ2v) is 5.15. The molecule has 1 amide bonds. The van der Waals surface area contributed by atoms with Crippen molar-refractivity contribution in [2.24, 2.45) is 10.8 Å². The fourth-order valence-corrected chi connectivity index (χ4v) is 2.31. The predicted octanol–water partition coefficient (Wildman–Crippen LogP) is 1.37. The summed E-state index contributed by atoms with van der Waals surface area (Å²) >= 11 is 0. The van der Waals surface area contributed by atoms with Crippen molar-refractivity contribution in [2.45, 2.75) is 5.79 Å². The number of hydrogen-bond acceptors (Lipinski definition) is 6. The molecule has 0 radical (unpaired) electrons. The lowest BCUT2D eigenvalue weighted by Crippen LogP contribution is -2.63. The minimum atomic E-state index is -1.44. The molecule has 0 bridgehead atoms. The maximum absolute atomic E-state index is 12.4. The first-order valence-electron chi connectivity index (χ1n) is 7.42. The fraction of sp³-hybridized carbons (Fsp3) is 0.0588. The van der Waals surface area contributed by atoms with Crippen molar-refractivity contribution in [2.75, 3.05) is 10.6 Å². The molecule has 0 spiro atoms. The van der Waals surface area contributed by atoms with Gasteiger partial charge < -0.3 is 16.0 Å². The average molecular weight is 322 g/mol. The third-order valence-electron chi connectivity index (χ3n) is 3.44. The summed E-state index contributed by atoms with van der Waals surface area (Å²) in [6.45, 7) is 0. The smallest absolute Gasteiger partial charge is 0.304 e. The molecule has 2 aromatic rings. The van der Waals surface area contributed by atoms with Crippen LogP contribution in [0.2, 0.25) is 0 Å². The maximum Gasteiger partial charge on any atom is 0.304 e. The topological polar surface area (TPSA) is 104 Å². The third-order valence-corrected chi connectivity index (χ3v) is 3.44. The number of carbonyl (C=O) groups excluding carboxylic acids is 1. The van der Waals surface area contributed by atoms with Crippen molar-refractivity contribution in [3.8, 4) is 0 Å². The first-order chi connectivity index (χ1) is 11.7. The van der Waals surface area contributed by atoms with Gasteiger partial charge in [0, 0.05) is 17.6 Å². The van der Waals surface area contributed by atoms with Crippen molar-refractivity contribution in [3.05, 3.63) is 72.6 Å². The molecule has 2 aromatic carbocycles. The van der Waals surface area contributed by atoms with Crippen LogP contribution in [0.1, 0.15) is 0 Å². The number of anilines is 2. The number of nitrogens with one attached hydrogen (secondary N) is 4. The van der Waals surface area contributed by atoms with Crippen molar-refractivity contribution in [1.82, 2.24) is 10.7 Å². The molecular weight excluding hydrogens is 304 g/mol. The number of carbonyl (C=O) groups is 1. The first-order valence-corrected chi connectivity index (χ1v) is 7.42. The highest BCUT2D eigenvalue weighted by Gasteiger charge is 2.39. The summed E-state index contributed by atoms with van der Waals surface area (Å²) in [6, 6.07) is 18.9. The second-order valence-electron chi connectivity index (χ2n) is 5.15. The van der Waals surface area contributed by atoms with Gasteiger partial charge in [-0.1, -0.05) is 36.4 Å². The van der Waals surface area contributed by atoms with Crippen LogP contribution in [0.5, 0.6) is 0 Å². The third kappa shape index (κ3) is 3.36. The Kier molecular flexibility index (Phi) is 4.44. The molecule has 24 heavy (non-hydrogen) atoms. The molecule has 0 aliphatic carbocycles. The van der Waals surface area contributed by atoms with Gasteiger partial charge in [-0.3, -0.25) is 10.2 Å². The van der Waals surface area contributed by atoms with Crippen LogP contribution in [-0.4, -0.2) is 17.9 Å². The Labute approximate surface area is 139 Å². The Bertz CT molecular complexity index is 759. The van der Waals surface area contributed by atoms with E-state index in [1.54, 1.807) is 12.3 Å². The van der Waals surface area contributed by atoms with Gasteiger partial charge in [-0.15, -0.1) is 0 Å². The highest BCUT2D eigenvalue weighted by molar-refractivity contribution is 5.92. The molecule has 1 heterocycles. The number of rotatable bonds is 5. The number of amides is 1. The van der Waals surface area contributed by atoms with Gasteiger partial charge in [0.25, 0.3) is 5.79 Å². The summed E-state index contributed by atoms with van der Waals surface area (Å²) in [4.78, 5) is 16.6. The van der Waals surface area contributed by atoms with E-state index in [0.717, 1.165) is 11.4 Å². The Balaban J connectivity index is 1.84. The van der Waals surface area contributed by atoms with Crippen molar-refractivity contribution in [1.29, 1.82) is 0 Å². The number of nitrogens with zero attached hydrogens (tertiary/aromatic N) is 1. The van der Waals surface area contributed by atoms with E-state index in [1.165, 1.54) is 0 Å². The minimum absolute atomic E-state index is 0.511. The molecule has 3 rings (SSSR count). The zero-order valence-electron chi connectivity index (χ0n) is 12.9. The van der Waals surface area contributed by atoms with Crippen LogP contribution >= 0.6 is 0 Å². The van der Waals surface area contributed by atoms with E-state index >= 15 is 0 Å². The summed E-state index contributed by atoms with van der Waals surface area (Å²) in [5, 5.41) is 9.34. The molecule has 0 aromatic heterocycles. The molecule has 122 valence electrons. The first kappa shape index (κ1) is 15.6. The van der Waals surface area contributed by atoms with Crippen molar-refractivity contribution < 1.29 is 4.79 Å². The quantitative estimate of drug-likeness (QED) is 0.325. The van der Waals surface area contributed by atoms with Crippen LogP contribution in [-0.2, 0) is 4.79 Å². The van der Waals surface area contributed by atoms with E-state index in [2.05, 4.69) is 26.4 Å². The lowest BCUT2D eigenvalue weighted by molar-refractivity contribution is -0.126. The van der Waals surface area contributed by atoms with Gasteiger partial charge in [0.1, 0.15) is 5.82 Å². The van der Waals surface area contributed by atoms with E-state index in [4.69, 9.17) is 5.84 Å². The van der Waals surface area contributed by atoms with E-state index in [1.807, 2.05) is 60.7 Å². The van der Waals surface area contributed by atoms with E-state index < -0.39 is 11.7 Å². The fourth-order valence-electron chi connectivity index (χ4n) is 2.31. The Morgan fingerprint density at radius 2 is 1.62 bits per heavy atom. The number of nitrogens with two attached hydrogens (primary N) is 1. The number of aliphatic imine (C=N–C) groups is 1. The summed E-state index contributed by atoms with van der Waals surface area (Å²) in [5.41, 5.74) is 3.76. The minimum Gasteiger partial charge on any atom is -0.342 e. The zero-order chi connectivity index (χ0) is 16.8. The van der Waals surface area contributed by atoms with E-state index in [-0.39, 0.29) is 0 Å². The monoisotopic (exact) mass is 322 g/mol. The molecule has 0 saturated carbocycles. The summed E-state index contributed by atoms with van der Waals surface area (Å²) < 4.78 is 0. The Morgan fingerprint density at radius 1 is 1.00 bits per heavy atom. The predicted molar refractivity (Wildman–Crippen MR) is 94.9 cm³/mol. The van der Waals surface area contributed by atoms with Gasteiger partial charge in [-0.25, -0.2) is 10.8 Å². The van der Waals surface area contributed by atoms with Gasteiger partial charge in [0.2, 0.25) is 0 Å². The van der Waals surface area contributed by atoms with Gasteiger partial charge in [0.15, 0.2) is 0 Å². The lowest BCUT2D eigenvalue weighted by atomic mass is 10.2. The van der Waals surface area contributed by atoms with Crippen LogP contribution in [0.3, 0.4) is 0 Å². The molecule has 0 saturated heterocycles. The van der Waals surface area contributed by atoms with Gasteiger partial charge in [-0.2, -0.15) is 0 Å². The highest BCUT2D eigenvalue weighted by Crippen LogP contribution is 2.19. The number of benzene rings is 2. The van der Waals surface area contributed by atoms with Crippen LogP contribution < -0.4 is 27.2 Å². The average Bonchev–Trinajstić information content (AvgIpc) is 2.63. The normalized spacial score (nSPS) is 19.0. The molecule has 1 aliphatic rings. The van der Waals surface area contributed by atoms with E-state index in [9.17, 15) is 4.79 Å². The molecule has 1 atom stereocenters. The maximum atomic E-state index is 12.4. The van der Waals surface area contributed by atoms with Crippen molar-refractivity contribution >= 4 is 23.5 Å². The lowest BCUT2D eigenvalue weighted by Gasteiger charge is -2.34. The molecule has 6 N–H and O–H groups in total. The Hall–Kier alpha value is -3.32. The highest BCUT2D eigenvalue weighted by atomic mass is 16.2. The van der Waals surface area contributed by atoms with Crippen LogP contribution in [0.15, 0.2) is 77.6 Å². The van der Waals surface area contributed by atoms with Crippen LogP contribution in [0, 0.1) is 0 Å². The summed E-state index contributed by atoms with van der Waals surface area (Å²) in [5.74, 6) is 4.01. The second kappa shape index (κ2) is 6.84. The zero-order valence-corrected chi connectivity index (χ0v) is 12.9. The molecular formula is C17H18N6O. The number of allylic oxidation sites excluding steroid dienone is 1.